The molecule has 0 aliphatic rings. The zero-order chi connectivity index (χ0) is 13.8. The molecule has 0 aliphatic carbocycles. The van der Waals surface area contributed by atoms with E-state index in [0.29, 0.717) is 27.4 Å². The van der Waals surface area contributed by atoms with E-state index in [9.17, 15) is 0 Å². The lowest BCUT2D eigenvalue weighted by Crippen LogP contribution is -2.18. The van der Waals surface area contributed by atoms with Gasteiger partial charge in [0.05, 0.1) is 5.02 Å². The molecule has 100 valence electrons. The minimum absolute atomic E-state index is 0.298. The van der Waals surface area contributed by atoms with Gasteiger partial charge in [0.2, 0.25) is 0 Å². The second-order valence-corrected chi connectivity index (χ2v) is 5.25. The van der Waals surface area contributed by atoms with Gasteiger partial charge in [-0.15, -0.1) is 0 Å². The molecule has 0 spiro atoms. The lowest BCUT2D eigenvalue weighted by atomic mass is 10.1. The highest BCUT2D eigenvalue weighted by Crippen LogP contribution is 2.31. The van der Waals surface area contributed by atoms with Crippen molar-refractivity contribution in [3.63, 3.8) is 0 Å². The molecule has 0 heterocycles. The molecule has 1 unspecified atom stereocenters. The van der Waals surface area contributed by atoms with Crippen LogP contribution in [0.4, 0.5) is 0 Å². The molecule has 5 heteroatoms. The van der Waals surface area contributed by atoms with E-state index in [4.69, 9.17) is 45.3 Å². The lowest BCUT2D eigenvalue weighted by Gasteiger charge is -2.19. The van der Waals surface area contributed by atoms with Crippen LogP contribution in [0.3, 0.4) is 0 Å². The van der Waals surface area contributed by atoms with Crippen LogP contribution >= 0.6 is 34.8 Å². The maximum atomic E-state index is 6.06. The molecule has 0 radical (unpaired) electrons. The molecule has 0 bridgehead atoms. The van der Waals surface area contributed by atoms with E-state index < -0.39 is 0 Å². The molecule has 0 fully saturated rings. The number of nitrogens with two attached hydrogens (primary N) is 1. The summed E-state index contributed by atoms with van der Waals surface area (Å²) in [5.41, 5.74) is 6.68. The molecule has 19 heavy (non-hydrogen) atoms. The highest BCUT2D eigenvalue weighted by molar-refractivity contribution is 6.34. The monoisotopic (exact) mass is 315 g/mol. The van der Waals surface area contributed by atoms with Crippen molar-refractivity contribution in [1.82, 2.24) is 0 Å². The molecule has 0 saturated carbocycles. The Labute approximate surface area is 127 Å². The van der Waals surface area contributed by atoms with Crippen LogP contribution in [0.25, 0.3) is 0 Å². The summed E-state index contributed by atoms with van der Waals surface area (Å²) >= 11 is 17.8. The van der Waals surface area contributed by atoms with Crippen molar-refractivity contribution in [3.05, 3.63) is 63.1 Å². The van der Waals surface area contributed by atoms with Gasteiger partial charge in [-0.1, -0.05) is 46.9 Å². The maximum absolute atomic E-state index is 6.06. The molecule has 0 aliphatic heterocycles. The standard InChI is InChI=1S/C14H12Cl3NO/c15-10-3-1-9(2-4-10)14(8-18)19-13-7-11(16)5-6-12(13)17/h1-7,14H,8,18H2. The second-order valence-electron chi connectivity index (χ2n) is 3.97. The number of rotatable bonds is 4. The fraction of sp³-hybridized carbons (Fsp3) is 0.143. The summed E-state index contributed by atoms with van der Waals surface area (Å²) in [4.78, 5) is 0. The van der Waals surface area contributed by atoms with E-state index in [-0.39, 0.29) is 6.10 Å². The largest absolute Gasteiger partial charge is 0.483 e. The minimum atomic E-state index is -0.298. The topological polar surface area (TPSA) is 35.2 Å². The summed E-state index contributed by atoms with van der Waals surface area (Å²) in [5.74, 6) is 0.513. The first-order chi connectivity index (χ1) is 9.10. The minimum Gasteiger partial charge on any atom is -0.483 e. The van der Waals surface area contributed by atoms with Crippen molar-refractivity contribution < 1.29 is 4.74 Å². The van der Waals surface area contributed by atoms with Crippen LogP contribution in [-0.2, 0) is 0 Å². The first kappa shape index (κ1) is 14.5. The van der Waals surface area contributed by atoms with Crippen molar-refractivity contribution in [1.29, 1.82) is 0 Å². The van der Waals surface area contributed by atoms with Crippen LogP contribution in [-0.4, -0.2) is 6.54 Å². The summed E-state index contributed by atoms with van der Waals surface area (Å²) in [5, 5.41) is 1.73. The third-order valence-corrected chi connectivity index (χ3v) is 3.42. The summed E-state index contributed by atoms with van der Waals surface area (Å²) in [7, 11) is 0. The predicted octanol–water partition coefficient (Wildman–Crippen LogP) is 4.73. The fourth-order valence-corrected chi connectivity index (χ4v) is 2.10. The molecule has 0 amide bonds. The summed E-state index contributed by atoms with van der Waals surface area (Å²) < 4.78 is 5.82. The van der Waals surface area contributed by atoms with Crippen LogP contribution in [0.5, 0.6) is 5.75 Å². The van der Waals surface area contributed by atoms with Gasteiger partial charge < -0.3 is 10.5 Å². The van der Waals surface area contributed by atoms with Crippen LogP contribution < -0.4 is 10.5 Å². The summed E-state index contributed by atoms with van der Waals surface area (Å²) in [6.07, 6.45) is -0.298. The van der Waals surface area contributed by atoms with E-state index in [2.05, 4.69) is 0 Å². The Morgan fingerprint density at radius 1 is 0.947 bits per heavy atom. The molecule has 0 saturated heterocycles. The van der Waals surface area contributed by atoms with Crippen molar-refractivity contribution in [2.24, 2.45) is 5.73 Å². The van der Waals surface area contributed by atoms with Crippen molar-refractivity contribution in [2.75, 3.05) is 6.54 Å². The van der Waals surface area contributed by atoms with Gasteiger partial charge in [-0.25, -0.2) is 0 Å². The first-order valence-corrected chi connectivity index (χ1v) is 6.81. The van der Waals surface area contributed by atoms with E-state index in [1.165, 1.54) is 0 Å². The molecule has 0 aromatic heterocycles. The van der Waals surface area contributed by atoms with E-state index in [0.717, 1.165) is 5.56 Å². The van der Waals surface area contributed by atoms with E-state index >= 15 is 0 Å². The summed E-state index contributed by atoms with van der Waals surface area (Å²) in [6, 6.07) is 12.4. The number of benzene rings is 2. The number of hydrogen-bond donors (Lipinski definition) is 1. The highest BCUT2D eigenvalue weighted by Gasteiger charge is 2.13. The molecular weight excluding hydrogens is 305 g/mol. The highest BCUT2D eigenvalue weighted by atomic mass is 35.5. The molecule has 2 nitrogen and oxygen atoms in total. The van der Waals surface area contributed by atoms with Gasteiger partial charge in [0, 0.05) is 22.7 Å². The smallest absolute Gasteiger partial charge is 0.140 e. The Kier molecular flexibility index (Phi) is 4.94. The number of hydrogen-bond acceptors (Lipinski definition) is 2. The average Bonchev–Trinajstić information content (AvgIpc) is 2.41. The Hall–Kier alpha value is -0.930. The Bertz CT molecular complexity index is 557. The Balaban J connectivity index is 2.23. The van der Waals surface area contributed by atoms with Crippen molar-refractivity contribution in [2.45, 2.75) is 6.10 Å². The second kappa shape index (κ2) is 6.49. The van der Waals surface area contributed by atoms with Gasteiger partial charge in [0.25, 0.3) is 0 Å². The zero-order valence-electron chi connectivity index (χ0n) is 9.95. The first-order valence-electron chi connectivity index (χ1n) is 5.67. The predicted molar refractivity (Wildman–Crippen MR) is 80.3 cm³/mol. The molecule has 1 atom stereocenters. The van der Waals surface area contributed by atoms with Gasteiger partial charge in [-0.05, 0) is 29.8 Å². The molecule has 2 N–H and O–H groups in total. The van der Waals surface area contributed by atoms with Crippen LogP contribution in [0, 0.1) is 0 Å². The summed E-state index contributed by atoms with van der Waals surface area (Å²) in [6.45, 7) is 0.324. The Morgan fingerprint density at radius 3 is 2.21 bits per heavy atom. The van der Waals surface area contributed by atoms with Gasteiger partial charge in [-0.2, -0.15) is 0 Å². The number of ether oxygens (including phenoxy) is 1. The molecule has 2 rings (SSSR count). The quantitative estimate of drug-likeness (QED) is 0.885. The number of halogens is 3. The fourth-order valence-electron chi connectivity index (χ4n) is 1.65. The normalized spacial score (nSPS) is 12.2. The third-order valence-electron chi connectivity index (χ3n) is 2.62. The maximum Gasteiger partial charge on any atom is 0.140 e. The lowest BCUT2D eigenvalue weighted by molar-refractivity contribution is 0.214. The molecular formula is C14H12Cl3NO. The average molecular weight is 317 g/mol. The zero-order valence-corrected chi connectivity index (χ0v) is 12.2. The third kappa shape index (κ3) is 3.77. The molecule has 2 aromatic carbocycles. The SMILES string of the molecule is NCC(Oc1cc(Cl)ccc1Cl)c1ccc(Cl)cc1. The van der Waals surface area contributed by atoms with E-state index in [1.807, 2.05) is 12.1 Å². The van der Waals surface area contributed by atoms with Gasteiger partial charge in [0.15, 0.2) is 0 Å². The van der Waals surface area contributed by atoms with Gasteiger partial charge in [-0.3, -0.25) is 0 Å². The van der Waals surface area contributed by atoms with Crippen LogP contribution in [0.2, 0.25) is 15.1 Å². The van der Waals surface area contributed by atoms with Gasteiger partial charge >= 0.3 is 0 Å². The van der Waals surface area contributed by atoms with Gasteiger partial charge in [0.1, 0.15) is 11.9 Å². The Morgan fingerprint density at radius 2 is 1.58 bits per heavy atom. The van der Waals surface area contributed by atoms with Crippen molar-refractivity contribution in [3.8, 4) is 5.75 Å². The van der Waals surface area contributed by atoms with Crippen LogP contribution in [0.1, 0.15) is 11.7 Å². The molecule has 2 aromatic rings. The van der Waals surface area contributed by atoms with Crippen LogP contribution in [0.15, 0.2) is 42.5 Å². The van der Waals surface area contributed by atoms with Crippen molar-refractivity contribution >= 4 is 34.8 Å². The van der Waals surface area contributed by atoms with E-state index in [1.54, 1.807) is 30.3 Å².